The molecule has 0 radical (unpaired) electrons. The van der Waals surface area contributed by atoms with Gasteiger partial charge in [0.25, 0.3) is 0 Å². The largest absolute Gasteiger partial charge is 0.155 e. The van der Waals surface area contributed by atoms with Crippen LogP contribution < -0.4 is 0 Å². The Balaban J connectivity index is 2.68. The fourth-order valence-electron chi connectivity index (χ4n) is 1.83. The van der Waals surface area contributed by atoms with Crippen LogP contribution in [-0.4, -0.2) is 10.2 Å². The number of nitrogens with zero attached hydrogens (tertiary/aromatic N) is 2. The van der Waals surface area contributed by atoms with Crippen LogP contribution in [0.5, 0.6) is 0 Å². The molecular formula is C13H16N2. The van der Waals surface area contributed by atoms with Crippen LogP contribution in [0.4, 0.5) is 0 Å². The summed E-state index contributed by atoms with van der Waals surface area (Å²) in [5, 5.41) is 9.54. The van der Waals surface area contributed by atoms with Gasteiger partial charge in [0, 0.05) is 5.39 Å². The molecule has 1 unspecified atom stereocenters. The highest BCUT2D eigenvalue weighted by molar-refractivity contribution is 5.82. The van der Waals surface area contributed by atoms with Crippen molar-refractivity contribution in [2.75, 3.05) is 0 Å². The second kappa shape index (κ2) is 3.97. The lowest BCUT2D eigenvalue weighted by atomic mass is 9.95. The minimum absolute atomic E-state index is 0.581. The SMILES string of the molecule is CCC(C)c1cccc2nnc(C)cc12. The van der Waals surface area contributed by atoms with Crippen molar-refractivity contribution in [2.45, 2.75) is 33.1 Å². The summed E-state index contributed by atoms with van der Waals surface area (Å²) in [6.07, 6.45) is 1.15. The Morgan fingerprint density at radius 2 is 2.07 bits per heavy atom. The monoisotopic (exact) mass is 200 g/mol. The molecule has 0 aliphatic heterocycles. The Morgan fingerprint density at radius 1 is 1.27 bits per heavy atom. The summed E-state index contributed by atoms with van der Waals surface area (Å²) in [6, 6.07) is 8.41. The summed E-state index contributed by atoms with van der Waals surface area (Å²) < 4.78 is 0. The first-order valence-corrected chi connectivity index (χ1v) is 5.45. The fourth-order valence-corrected chi connectivity index (χ4v) is 1.83. The number of aryl methyl sites for hydroxylation is 1. The lowest BCUT2D eigenvalue weighted by Crippen LogP contribution is -1.95. The van der Waals surface area contributed by atoms with Gasteiger partial charge in [0.15, 0.2) is 0 Å². The van der Waals surface area contributed by atoms with Gasteiger partial charge in [-0.15, -0.1) is 0 Å². The van der Waals surface area contributed by atoms with E-state index in [0.717, 1.165) is 17.6 Å². The molecule has 2 heteroatoms. The van der Waals surface area contributed by atoms with Gasteiger partial charge in [-0.1, -0.05) is 26.0 Å². The predicted molar refractivity (Wildman–Crippen MR) is 63.0 cm³/mol. The maximum absolute atomic E-state index is 4.21. The fraction of sp³-hybridized carbons (Fsp3) is 0.385. The van der Waals surface area contributed by atoms with Gasteiger partial charge in [0.05, 0.1) is 11.2 Å². The number of hydrogen-bond acceptors (Lipinski definition) is 2. The van der Waals surface area contributed by atoms with Crippen LogP contribution in [0.1, 0.15) is 37.4 Å². The van der Waals surface area contributed by atoms with E-state index in [-0.39, 0.29) is 0 Å². The zero-order valence-corrected chi connectivity index (χ0v) is 9.49. The van der Waals surface area contributed by atoms with E-state index in [1.807, 2.05) is 13.0 Å². The second-order valence-corrected chi connectivity index (χ2v) is 4.08. The van der Waals surface area contributed by atoms with E-state index in [9.17, 15) is 0 Å². The highest BCUT2D eigenvalue weighted by Crippen LogP contribution is 2.26. The zero-order chi connectivity index (χ0) is 10.8. The molecule has 2 rings (SSSR count). The van der Waals surface area contributed by atoms with Gasteiger partial charge in [-0.3, -0.25) is 0 Å². The average Bonchev–Trinajstić information content (AvgIpc) is 2.27. The Hall–Kier alpha value is -1.44. The summed E-state index contributed by atoms with van der Waals surface area (Å²) in [5.74, 6) is 0.581. The van der Waals surface area contributed by atoms with E-state index in [2.05, 4.69) is 42.2 Å². The molecule has 0 spiro atoms. The molecule has 15 heavy (non-hydrogen) atoms. The molecule has 0 amide bonds. The van der Waals surface area contributed by atoms with Gasteiger partial charge in [-0.2, -0.15) is 10.2 Å². The van der Waals surface area contributed by atoms with Gasteiger partial charge in [-0.25, -0.2) is 0 Å². The van der Waals surface area contributed by atoms with E-state index >= 15 is 0 Å². The molecule has 1 atom stereocenters. The van der Waals surface area contributed by atoms with E-state index in [0.29, 0.717) is 5.92 Å². The highest BCUT2D eigenvalue weighted by atomic mass is 15.1. The molecule has 0 saturated heterocycles. The van der Waals surface area contributed by atoms with Crippen molar-refractivity contribution in [1.29, 1.82) is 0 Å². The Labute approximate surface area is 90.3 Å². The van der Waals surface area contributed by atoms with Crippen molar-refractivity contribution in [3.05, 3.63) is 35.5 Å². The number of rotatable bonds is 2. The molecule has 1 aromatic carbocycles. The molecule has 0 aliphatic rings. The summed E-state index contributed by atoms with van der Waals surface area (Å²) in [6.45, 7) is 6.45. The first-order valence-electron chi connectivity index (χ1n) is 5.45. The summed E-state index contributed by atoms with van der Waals surface area (Å²) in [7, 11) is 0. The third kappa shape index (κ3) is 1.84. The first-order chi connectivity index (χ1) is 7.22. The predicted octanol–water partition coefficient (Wildman–Crippen LogP) is 3.45. The highest BCUT2D eigenvalue weighted by Gasteiger charge is 2.08. The number of hydrogen-bond donors (Lipinski definition) is 0. The van der Waals surface area contributed by atoms with E-state index in [4.69, 9.17) is 0 Å². The van der Waals surface area contributed by atoms with Crippen LogP contribution in [0.3, 0.4) is 0 Å². The molecule has 78 valence electrons. The van der Waals surface area contributed by atoms with Crippen LogP contribution >= 0.6 is 0 Å². The van der Waals surface area contributed by atoms with Gasteiger partial charge in [0.1, 0.15) is 0 Å². The minimum Gasteiger partial charge on any atom is -0.155 e. The Kier molecular flexibility index (Phi) is 2.67. The van der Waals surface area contributed by atoms with Crippen molar-refractivity contribution in [2.24, 2.45) is 0 Å². The summed E-state index contributed by atoms with van der Waals surface area (Å²) >= 11 is 0. The molecule has 0 aliphatic carbocycles. The van der Waals surface area contributed by atoms with Crippen molar-refractivity contribution in [1.82, 2.24) is 10.2 Å². The Bertz CT molecular complexity index is 477. The summed E-state index contributed by atoms with van der Waals surface area (Å²) in [5.41, 5.74) is 3.37. The molecule has 1 heterocycles. The number of fused-ring (bicyclic) bond motifs is 1. The molecule has 0 saturated carbocycles. The second-order valence-electron chi connectivity index (χ2n) is 4.08. The average molecular weight is 200 g/mol. The Morgan fingerprint density at radius 3 is 2.80 bits per heavy atom. The number of aromatic nitrogens is 2. The molecule has 1 aromatic heterocycles. The van der Waals surface area contributed by atoms with Gasteiger partial charge >= 0.3 is 0 Å². The van der Waals surface area contributed by atoms with Crippen molar-refractivity contribution in [3.63, 3.8) is 0 Å². The van der Waals surface area contributed by atoms with Gasteiger partial charge < -0.3 is 0 Å². The third-order valence-corrected chi connectivity index (χ3v) is 2.93. The van der Waals surface area contributed by atoms with E-state index < -0.39 is 0 Å². The van der Waals surface area contributed by atoms with Crippen LogP contribution in [0.25, 0.3) is 10.9 Å². The standard InChI is InChI=1S/C13H16N2/c1-4-9(2)11-6-5-7-13-12(11)8-10(3)14-15-13/h5-9H,4H2,1-3H3. The topological polar surface area (TPSA) is 25.8 Å². The molecule has 0 bridgehead atoms. The number of benzene rings is 1. The smallest absolute Gasteiger partial charge is 0.0932 e. The molecule has 2 aromatic rings. The van der Waals surface area contributed by atoms with Crippen LogP contribution in [0.15, 0.2) is 24.3 Å². The normalized spacial score (nSPS) is 13.0. The van der Waals surface area contributed by atoms with Gasteiger partial charge in [-0.05, 0) is 37.0 Å². The molecule has 0 fully saturated rings. The van der Waals surface area contributed by atoms with Crippen LogP contribution in [-0.2, 0) is 0 Å². The molecule has 2 nitrogen and oxygen atoms in total. The van der Waals surface area contributed by atoms with E-state index in [1.54, 1.807) is 0 Å². The summed E-state index contributed by atoms with van der Waals surface area (Å²) in [4.78, 5) is 0. The molecule has 0 N–H and O–H groups in total. The maximum atomic E-state index is 4.21. The van der Waals surface area contributed by atoms with Crippen LogP contribution in [0.2, 0.25) is 0 Å². The van der Waals surface area contributed by atoms with Gasteiger partial charge in [0.2, 0.25) is 0 Å². The quantitative estimate of drug-likeness (QED) is 0.742. The first kappa shape index (κ1) is 10.1. The lowest BCUT2D eigenvalue weighted by Gasteiger charge is -2.11. The third-order valence-electron chi connectivity index (χ3n) is 2.93. The lowest BCUT2D eigenvalue weighted by molar-refractivity contribution is 0.739. The minimum atomic E-state index is 0.581. The van der Waals surface area contributed by atoms with E-state index in [1.165, 1.54) is 10.9 Å². The van der Waals surface area contributed by atoms with Crippen LogP contribution in [0, 0.1) is 6.92 Å². The maximum Gasteiger partial charge on any atom is 0.0932 e. The molecular weight excluding hydrogens is 184 g/mol. The van der Waals surface area contributed by atoms with Crippen molar-refractivity contribution in [3.8, 4) is 0 Å². The van der Waals surface area contributed by atoms with Crippen molar-refractivity contribution < 1.29 is 0 Å². The zero-order valence-electron chi connectivity index (χ0n) is 9.49. The van der Waals surface area contributed by atoms with Crippen molar-refractivity contribution >= 4 is 10.9 Å².